The number of benzene rings is 1. The first-order valence-electron chi connectivity index (χ1n) is 5.09. The van der Waals surface area contributed by atoms with Crippen LogP contribution in [0.2, 0.25) is 5.02 Å². The van der Waals surface area contributed by atoms with E-state index in [1.54, 1.807) is 0 Å². The maximum atomic E-state index is 13.6. The molecule has 2 aromatic rings. The Morgan fingerprint density at radius 2 is 2.11 bits per heavy atom. The highest BCUT2D eigenvalue weighted by molar-refractivity contribution is 6.33. The number of hydrogen-bond donors (Lipinski definition) is 2. The van der Waals surface area contributed by atoms with Crippen molar-refractivity contribution in [3.63, 3.8) is 0 Å². The molecular weight excluding hydrogens is 278 g/mol. The second kappa shape index (κ2) is 5.19. The minimum absolute atomic E-state index is 0.0811. The SMILES string of the molecule is O=C(O)c1cccnc1Nc1c(F)cc(F)cc1Cl. The summed E-state index contributed by atoms with van der Waals surface area (Å²) in [5.74, 6) is -3.07. The highest BCUT2D eigenvalue weighted by Gasteiger charge is 2.15. The van der Waals surface area contributed by atoms with E-state index in [4.69, 9.17) is 16.7 Å². The van der Waals surface area contributed by atoms with Gasteiger partial charge in [0.25, 0.3) is 0 Å². The standard InChI is InChI=1S/C12H7ClF2N2O2/c13-8-4-6(14)5-9(15)10(8)17-11-7(12(18)19)2-1-3-16-11/h1-5H,(H,16,17)(H,18,19). The van der Waals surface area contributed by atoms with E-state index in [9.17, 15) is 13.6 Å². The zero-order valence-corrected chi connectivity index (χ0v) is 10.1. The second-order valence-corrected chi connectivity index (χ2v) is 3.98. The number of carboxylic acids is 1. The fraction of sp³-hybridized carbons (Fsp3) is 0. The number of anilines is 2. The molecule has 0 aliphatic rings. The molecule has 0 saturated carbocycles. The summed E-state index contributed by atoms with van der Waals surface area (Å²) in [6.45, 7) is 0. The fourth-order valence-electron chi connectivity index (χ4n) is 1.46. The molecule has 1 aromatic carbocycles. The summed E-state index contributed by atoms with van der Waals surface area (Å²) >= 11 is 5.70. The molecular formula is C12H7ClF2N2O2. The quantitative estimate of drug-likeness (QED) is 0.906. The van der Waals surface area contributed by atoms with Crippen LogP contribution in [-0.4, -0.2) is 16.1 Å². The molecule has 0 radical (unpaired) electrons. The molecule has 0 aliphatic heterocycles. The summed E-state index contributed by atoms with van der Waals surface area (Å²) in [6, 6.07) is 4.28. The van der Waals surface area contributed by atoms with Crippen LogP contribution in [0.15, 0.2) is 30.5 Å². The lowest BCUT2D eigenvalue weighted by Crippen LogP contribution is -2.06. The predicted octanol–water partition coefficient (Wildman–Crippen LogP) is 3.46. The van der Waals surface area contributed by atoms with Crippen molar-refractivity contribution in [2.75, 3.05) is 5.32 Å². The molecule has 0 saturated heterocycles. The number of hydrogen-bond acceptors (Lipinski definition) is 3. The van der Waals surface area contributed by atoms with Crippen LogP contribution in [0, 0.1) is 11.6 Å². The van der Waals surface area contributed by atoms with Gasteiger partial charge in [-0.3, -0.25) is 0 Å². The van der Waals surface area contributed by atoms with Gasteiger partial charge in [0.15, 0.2) is 5.82 Å². The number of aromatic nitrogens is 1. The highest BCUT2D eigenvalue weighted by Crippen LogP contribution is 2.29. The topological polar surface area (TPSA) is 62.2 Å². The molecule has 0 amide bonds. The number of carboxylic acid groups (broad SMARTS) is 1. The maximum absolute atomic E-state index is 13.6. The van der Waals surface area contributed by atoms with Crippen molar-refractivity contribution in [3.8, 4) is 0 Å². The van der Waals surface area contributed by atoms with Crippen LogP contribution in [0.4, 0.5) is 20.3 Å². The Bertz CT molecular complexity index is 626. The average molecular weight is 285 g/mol. The summed E-state index contributed by atoms with van der Waals surface area (Å²) in [5.41, 5.74) is -0.383. The zero-order valence-electron chi connectivity index (χ0n) is 9.32. The Labute approximate surface area is 111 Å². The molecule has 0 unspecified atom stereocenters. The van der Waals surface area contributed by atoms with Gasteiger partial charge in [0.2, 0.25) is 0 Å². The van der Waals surface area contributed by atoms with Crippen molar-refractivity contribution in [1.29, 1.82) is 0 Å². The Morgan fingerprint density at radius 3 is 2.74 bits per heavy atom. The molecule has 1 heterocycles. The summed E-state index contributed by atoms with van der Waals surface area (Å²) in [4.78, 5) is 14.8. The maximum Gasteiger partial charge on any atom is 0.339 e. The molecule has 2 rings (SSSR count). The number of rotatable bonds is 3. The zero-order chi connectivity index (χ0) is 14.0. The summed E-state index contributed by atoms with van der Waals surface area (Å²) < 4.78 is 26.5. The smallest absolute Gasteiger partial charge is 0.339 e. The van der Waals surface area contributed by atoms with Gasteiger partial charge >= 0.3 is 5.97 Å². The van der Waals surface area contributed by atoms with E-state index < -0.39 is 17.6 Å². The largest absolute Gasteiger partial charge is 0.478 e. The Kier molecular flexibility index (Phi) is 3.62. The van der Waals surface area contributed by atoms with Crippen LogP contribution in [0.25, 0.3) is 0 Å². The molecule has 4 nitrogen and oxygen atoms in total. The lowest BCUT2D eigenvalue weighted by Gasteiger charge is -2.10. The average Bonchev–Trinajstić information content (AvgIpc) is 2.34. The van der Waals surface area contributed by atoms with E-state index in [2.05, 4.69) is 10.3 Å². The van der Waals surface area contributed by atoms with Crippen LogP contribution in [0.5, 0.6) is 0 Å². The van der Waals surface area contributed by atoms with Crippen molar-refractivity contribution in [2.24, 2.45) is 0 Å². The first kappa shape index (κ1) is 13.2. The fourth-order valence-corrected chi connectivity index (χ4v) is 1.70. The summed E-state index contributed by atoms with van der Waals surface area (Å²) in [7, 11) is 0. The van der Waals surface area contributed by atoms with Crippen molar-refractivity contribution >= 4 is 29.1 Å². The van der Waals surface area contributed by atoms with Crippen LogP contribution in [-0.2, 0) is 0 Å². The van der Waals surface area contributed by atoms with Crippen LogP contribution in [0.3, 0.4) is 0 Å². The number of pyridine rings is 1. The number of halogens is 3. The number of nitrogens with zero attached hydrogens (tertiary/aromatic N) is 1. The first-order chi connectivity index (χ1) is 8.99. The summed E-state index contributed by atoms with van der Waals surface area (Å²) in [6.07, 6.45) is 1.34. The molecule has 1 aromatic heterocycles. The first-order valence-corrected chi connectivity index (χ1v) is 5.46. The summed E-state index contributed by atoms with van der Waals surface area (Å²) in [5, 5.41) is 11.2. The van der Waals surface area contributed by atoms with Gasteiger partial charge in [0.05, 0.1) is 10.7 Å². The third-order valence-electron chi connectivity index (χ3n) is 2.29. The molecule has 19 heavy (non-hydrogen) atoms. The van der Waals surface area contributed by atoms with Crippen molar-refractivity contribution < 1.29 is 18.7 Å². The van der Waals surface area contributed by atoms with Crippen LogP contribution < -0.4 is 5.32 Å². The molecule has 0 fully saturated rings. The van der Waals surface area contributed by atoms with Gasteiger partial charge < -0.3 is 10.4 Å². The number of nitrogens with one attached hydrogen (secondary N) is 1. The van der Waals surface area contributed by atoms with E-state index in [1.807, 2.05) is 0 Å². The van der Waals surface area contributed by atoms with E-state index in [0.29, 0.717) is 6.07 Å². The third-order valence-corrected chi connectivity index (χ3v) is 2.59. The molecule has 0 aliphatic carbocycles. The Hall–Kier alpha value is -2.21. The normalized spacial score (nSPS) is 10.3. The van der Waals surface area contributed by atoms with Gasteiger partial charge in [-0.2, -0.15) is 0 Å². The lowest BCUT2D eigenvalue weighted by atomic mass is 10.2. The van der Waals surface area contributed by atoms with Crippen molar-refractivity contribution in [2.45, 2.75) is 0 Å². The number of aromatic carboxylic acids is 1. The minimum Gasteiger partial charge on any atom is -0.478 e. The van der Waals surface area contributed by atoms with Crippen molar-refractivity contribution in [3.05, 3.63) is 52.7 Å². The van der Waals surface area contributed by atoms with Gasteiger partial charge in [-0.15, -0.1) is 0 Å². The van der Waals surface area contributed by atoms with Gasteiger partial charge in [-0.05, 0) is 18.2 Å². The van der Waals surface area contributed by atoms with E-state index in [0.717, 1.165) is 6.07 Å². The molecule has 98 valence electrons. The molecule has 0 atom stereocenters. The minimum atomic E-state index is -1.23. The monoisotopic (exact) mass is 284 g/mol. The molecule has 7 heteroatoms. The van der Waals surface area contributed by atoms with Crippen molar-refractivity contribution in [1.82, 2.24) is 4.98 Å². The second-order valence-electron chi connectivity index (χ2n) is 3.57. The highest BCUT2D eigenvalue weighted by atomic mass is 35.5. The van der Waals surface area contributed by atoms with Gasteiger partial charge in [-0.1, -0.05) is 11.6 Å². The molecule has 0 spiro atoms. The van der Waals surface area contributed by atoms with Crippen LogP contribution in [0.1, 0.15) is 10.4 Å². The number of carbonyl (C=O) groups is 1. The van der Waals surface area contributed by atoms with Crippen LogP contribution >= 0.6 is 11.6 Å². The molecule has 2 N–H and O–H groups in total. The van der Waals surface area contributed by atoms with Gasteiger partial charge in [0, 0.05) is 12.3 Å². The van der Waals surface area contributed by atoms with E-state index >= 15 is 0 Å². The Morgan fingerprint density at radius 1 is 1.37 bits per heavy atom. The predicted molar refractivity (Wildman–Crippen MR) is 65.8 cm³/mol. The van der Waals surface area contributed by atoms with Gasteiger partial charge in [-0.25, -0.2) is 18.6 Å². The van der Waals surface area contributed by atoms with E-state index in [-0.39, 0.29) is 22.1 Å². The Balaban J connectivity index is 2.45. The molecule has 0 bridgehead atoms. The third kappa shape index (κ3) is 2.79. The van der Waals surface area contributed by atoms with Gasteiger partial charge in [0.1, 0.15) is 17.2 Å². The van der Waals surface area contributed by atoms with E-state index in [1.165, 1.54) is 18.3 Å². The lowest BCUT2D eigenvalue weighted by molar-refractivity contribution is 0.0697.